The number of rotatable bonds is 4. The number of hydrogen-bond acceptors (Lipinski definition) is 2. The predicted molar refractivity (Wildman–Crippen MR) is 198 cm³/mol. The Morgan fingerprint density at radius 1 is 0.458 bits per heavy atom. The average Bonchev–Trinajstić information content (AvgIpc) is 3.65. The van der Waals surface area contributed by atoms with Gasteiger partial charge in [-0.15, -0.1) is 0 Å². The molecule has 0 fully saturated rings. The van der Waals surface area contributed by atoms with E-state index in [4.69, 9.17) is 0 Å². The molecule has 3 nitrogen and oxygen atoms in total. The zero-order valence-corrected chi connectivity index (χ0v) is 26.9. The molecule has 1 aliphatic rings. The van der Waals surface area contributed by atoms with Gasteiger partial charge in [-0.3, -0.25) is 0 Å². The Labute approximate surface area is 279 Å². The van der Waals surface area contributed by atoms with E-state index in [0.717, 1.165) is 33.1 Å². The largest absolute Gasteiger partial charge is 0.309 e. The standard InChI is InChI=1S/C44H27N3Si/c45-28-31-12-11-13-32(29-46)44(31)30-22-25-41-39(26-30)36-18-7-9-20-40(36)47(41)33-23-24-38-37-19-8-10-21-42(37)48(43(38)27-33,34-14-3-1-4-15-34)35-16-5-2-6-17-35/h1-27H. The van der Waals surface area contributed by atoms with Gasteiger partial charge in [-0.05, 0) is 79.9 Å². The SMILES string of the molecule is N#Cc1cccc(C#N)c1-c1ccc2c(c1)c1ccccc1n2-c1ccc2c(c1)[Si](c1ccccc1)(c1ccccc1)c1ccccc1-2. The van der Waals surface area contributed by atoms with E-state index < -0.39 is 8.07 Å². The maximum atomic E-state index is 9.93. The Hall–Kier alpha value is -6.46. The van der Waals surface area contributed by atoms with Crippen molar-refractivity contribution in [2.24, 2.45) is 0 Å². The van der Waals surface area contributed by atoms with Crippen LogP contribution in [-0.2, 0) is 0 Å². The molecule has 0 N–H and O–H groups in total. The molecule has 0 unspecified atom stereocenters. The van der Waals surface area contributed by atoms with E-state index in [0.29, 0.717) is 16.7 Å². The van der Waals surface area contributed by atoms with Crippen LogP contribution < -0.4 is 20.7 Å². The van der Waals surface area contributed by atoms with Crippen LogP contribution in [0.2, 0.25) is 0 Å². The maximum Gasteiger partial charge on any atom is 0.180 e. The first-order valence-electron chi connectivity index (χ1n) is 16.1. The zero-order valence-electron chi connectivity index (χ0n) is 25.9. The molecule has 9 rings (SSSR count). The lowest BCUT2D eigenvalue weighted by Gasteiger charge is -2.31. The molecule has 222 valence electrons. The molecule has 7 aromatic carbocycles. The van der Waals surface area contributed by atoms with Crippen molar-refractivity contribution in [3.8, 4) is 40.1 Å². The van der Waals surface area contributed by atoms with Crippen molar-refractivity contribution < 1.29 is 0 Å². The van der Waals surface area contributed by atoms with Gasteiger partial charge in [-0.25, -0.2) is 0 Å². The fourth-order valence-electron chi connectivity index (χ4n) is 8.03. The highest BCUT2D eigenvalue weighted by Gasteiger charge is 2.48. The third-order valence-electron chi connectivity index (χ3n) is 9.97. The van der Waals surface area contributed by atoms with E-state index in [1.54, 1.807) is 18.2 Å². The number of fused-ring (bicyclic) bond motifs is 6. The second kappa shape index (κ2) is 10.8. The summed E-state index contributed by atoms with van der Waals surface area (Å²) in [5, 5.41) is 27.6. The first-order chi connectivity index (χ1) is 23.7. The van der Waals surface area contributed by atoms with Crippen LogP contribution in [0.25, 0.3) is 49.7 Å². The summed E-state index contributed by atoms with van der Waals surface area (Å²) in [7, 11) is -2.65. The molecule has 1 aromatic heterocycles. The number of nitriles is 2. The van der Waals surface area contributed by atoms with Gasteiger partial charge >= 0.3 is 0 Å². The second-order valence-corrected chi connectivity index (χ2v) is 16.0. The molecule has 48 heavy (non-hydrogen) atoms. The van der Waals surface area contributed by atoms with E-state index in [-0.39, 0.29) is 0 Å². The summed E-state index contributed by atoms with van der Waals surface area (Å²) in [4.78, 5) is 0. The molecule has 0 saturated heterocycles. The first kappa shape index (κ1) is 27.8. The van der Waals surface area contributed by atoms with Crippen molar-refractivity contribution in [1.29, 1.82) is 10.5 Å². The number of benzene rings is 7. The number of nitrogens with zero attached hydrogens (tertiary/aromatic N) is 3. The number of para-hydroxylation sites is 1. The monoisotopic (exact) mass is 625 g/mol. The second-order valence-electron chi connectivity index (χ2n) is 12.3. The van der Waals surface area contributed by atoms with E-state index in [9.17, 15) is 10.5 Å². The maximum absolute atomic E-state index is 9.93. The number of hydrogen-bond donors (Lipinski definition) is 0. The van der Waals surface area contributed by atoms with Crippen LogP contribution in [0, 0.1) is 22.7 Å². The van der Waals surface area contributed by atoms with E-state index in [1.165, 1.54) is 31.9 Å². The number of aromatic nitrogens is 1. The van der Waals surface area contributed by atoms with Crippen LogP contribution in [0.3, 0.4) is 0 Å². The van der Waals surface area contributed by atoms with Gasteiger partial charge < -0.3 is 4.57 Å². The fraction of sp³-hybridized carbons (Fsp3) is 0. The minimum atomic E-state index is -2.65. The predicted octanol–water partition coefficient (Wildman–Crippen LogP) is 7.55. The summed E-state index contributed by atoms with van der Waals surface area (Å²) in [5.41, 5.74) is 8.46. The molecule has 8 aromatic rings. The Balaban J connectivity index is 1.34. The van der Waals surface area contributed by atoms with Gasteiger partial charge in [0, 0.05) is 22.0 Å². The lowest BCUT2D eigenvalue weighted by molar-refractivity contribution is 1.18. The van der Waals surface area contributed by atoms with Crippen LogP contribution in [0.5, 0.6) is 0 Å². The van der Waals surface area contributed by atoms with Crippen LogP contribution in [0.4, 0.5) is 0 Å². The zero-order chi connectivity index (χ0) is 32.2. The Morgan fingerprint density at radius 2 is 1.06 bits per heavy atom. The topological polar surface area (TPSA) is 52.5 Å². The molecular weight excluding hydrogens is 599 g/mol. The molecule has 0 aliphatic carbocycles. The minimum Gasteiger partial charge on any atom is -0.309 e. The van der Waals surface area contributed by atoms with Gasteiger partial charge in [0.2, 0.25) is 0 Å². The Kier molecular flexibility index (Phi) is 6.27. The smallest absolute Gasteiger partial charge is 0.180 e. The normalized spacial score (nSPS) is 12.7. The summed E-state index contributed by atoms with van der Waals surface area (Å²) in [6.45, 7) is 0. The summed E-state index contributed by atoms with van der Waals surface area (Å²) in [6.07, 6.45) is 0. The molecule has 0 atom stereocenters. The quantitative estimate of drug-likeness (QED) is 0.190. The van der Waals surface area contributed by atoms with Crippen molar-refractivity contribution in [2.45, 2.75) is 0 Å². The van der Waals surface area contributed by atoms with E-state index >= 15 is 0 Å². The summed E-state index contributed by atoms with van der Waals surface area (Å²) in [6, 6.07) is 62.9. The van der Waals surface area contributed by atoms with Crippen molar-refractivity contribution in [1.82, 2.24) is 4.57 Å². The lowest BCUT2D eigenvalue weighted by Crippen LogP contribution is -2.72. The molecule has 1 aliphatic heterocycles. The summed E-state index contributed by atoms with van der Waals surface area (Å²) < 4.78 is 2.37. The highest BCUT2D eigenvalue weighted by Crippen LogP contribution is 2.38. The van der Waals surface area contributed by atoms with Gasteiger partial charge in [0.25, 0.3) is 0 Å². The highest BCUT2D eigenvalue weighted by atomic mass is 28.3. The molecule has 0 spiro atoms. The third-order valence-corrected chi connectivity index (χ3v) is 14.8. The van der Waals surface area contributed by atoms with Crippen molar-refractivity contribution >= 4 is 50.6 Å². The van der Waals surface area contributed by atoms with Crippen molar-refractivity contribution in [2.75, 3.05) is 0 Å². The van der Waals surface area contributed by atoms with E-state index in [2.05, 4.69) is 156 Å². The molecule has 0 amide bonds. The Morgan fingerprint density at radius 3 is 1.77 bits per heavy atom. The first-order valence-corrected chi connectivity index (χ1v) is 18.1. The minimum absolute atomic E-state index is 0.499. The lowest BCUT2D eigenvalue weighted by atomic mass is 9.94. The molecule has 0 bridgehead atoms. The molecular formula is C44H27N3Si. The highest BCUT2D eigenvalue weighted by molar-refractivity contribution is 7.22. The van der Waals surface area contributed by atoms with E-state index in [1.807, 2.05) is 6.07 Å². The molecule has 4 heteroatoms. The molecule has 0 saturated carbocycles. The Bertz CT molecular complexity index is 2570. The summed E-state index contributed by atoms with van der Waals surface area (Å²) in [5.74, 6) is 0. The average molecular weight is 626 g/mol. The molecule has 0 radical (unpaired) electrons. The van der Waals surface area contributed by atoms with Crippen LogP contribution in [-0.4, -0.2) is 12.6 Å². The van der Waals surface area contributed by atoms with Gasteiger partial charge in [0.15, 0.2) is 8.07 Å². The summed E-state index contributed by atoms with van der Waals surface area (Å²) >= 11 is 0. The van der Waals surface area contributed by atoms with Gasteiger partial charge in [-0.2, -0.15) is 10.5 Å². The van der Waals surface area contributed by atoms with Crippen molar-refractivity contribution in [3.05, 3.63) is 175 Å². The van der Waals surface area contributed by atoms with Crippen LogP contribution in [0.1, 0.15) is 11.1 Å². The van der Waals surface area contributed by atoms with Crippen LogP contribution >= 0.6 is 0 Å². The molecule has 2 heterocycles. The van der Waals surface area contributed by atoms with Crippen LogP contribution in [0.15, 0.2) is 164 Å². The van der Waals surface area contributed by atoms with Crippen molar-refractivity contribution in [3.63, 3.8) is 0 Å². The van der Waals surface area contributed by atoms with Gasteiger partial charge in [0.05, 0.1) is 34.3 Å². The third kappa shape index (κ3) is 3.85. The van der Waals surface area contributed by atoms with Gasteiger partial charge in [-0.1, -0.05) is 121 Å². The van der Waals surface area contributed by atoms with Gasteiger partial charge in [0.1, 0.15) is 0 Å². The fourth-order valence-corrected chi connectivity index (χ4v) is 13.2.